The molecule has 0 aliphatic carbocycles. The summed E-state index contributed by atoms with van der Waals surface area (Å²) < 4.78 is 0.817. The van der Waals surface area contributed by atoms with Crippen LogP contribution in [0.4, 0.5) is 11.4 Å². The molecule has 2 rings (SSSR count). The summed E-state index contributed by atoms with van der Waals surface area (Å²) in [6.07, 6.45) is 3.65. The van der Waals surface area contributed by atoms with Crippen LogP contribution in [0.15, 0.2) is 30.6 Å². The molecule has 0 aromatic carbocycles. The molecule has 0 radical (unpaired) electrons. The fourth-order valence-electron chi connectivity index (χ4n) is 1.75. The third-order valence-electron chi connectivity index (χ3n) is 2.67. The van der Waals surface area contributed by atoms with Gasteiger partial charge in [-0.05, 0) is 25.1 Å². The van der Waals surface area contributed by atoms with Gasteiger partial charge >= 0.3 is 0 Å². The normalized spacial score (nSPS) is 12.2. The van der Waals surface area contributed by atoms with Crippen LogP contribution in [-0.2, 0) is 0 Å². The van der Waals surface area contributed by atoms with Crippen molar-refractivity contribution in [1.82, 2.24) is 4.98 Å². The Morgan fingerprint density at radius 3 is 2.72 bits per heavy atom. The quantitative estimate of drug-likeness (QED) is 0.917. The van der Waals surface area contributed by atoms with Gasteiger partial charge in [-0.15, -0.1) is 11.3 Å². The zero-order chi connectivity index (χ0) is 13.1. The van der Waals surface area contributed by atoms with Crippen LogP contribution in [0.3, 0.4) is 0 Å². The van der Waals surface area contributed by atoms with Crippen LogP contribution < -0.4 is 10.2 Å². The third-order valence-corrected chi connectivity index (χ3v) is 4.09. The number of anilines is 2. The molecule has 18 heavy (non-hydrogen) atoms. The molecule has 1 unspecified atom stereocenters. The van der Waals surface area contributed by atoms with Gasteiger partial charge in [0.2, 0.25) is 0 Å². The van der Waals surface area contributed by atoms with Gasteiger partial charge < -0.3 is 10.2 Å². The van der Waals surface area contributed by atoms with Crippen LogP contribution in [0.5, 0.6) is 0 Å². The lowest BCUT2D eigenvalue weighted by Crippen LogP contribution is -2.13. The molecule has 0 bridgehead atoms. The molecule has 0 spiro atoms. The molecule has 2 aromatic heterocycles. The van der Waals surface area contributed by atoms with Crippen LogP contribution in [0.25, 0.3) is 0 Å². The summed E-state index contributed by atoms with van der Waals surface area (Å²) in [6.45, 7) is 2.12. The maximum absolute atomic E-state index is 5.96. The molecule has 96 valence electrons. The van der Waals surface area contributed by atoms with Gasteiger partial charge in [-0.3, -0.25) is 4.98 Å². The van der Waals surface area contributed by atoms with Crippen LogP contribution in [-0.4, -0.2) is 19.1 Å². The maximum atomic E-state index is 5.96. The second-order valence-electron chi connectivity index (χ2n) is 4.30. The first-order valence-corrected chi connectivity index (χ1v) is 6.90. The Bertz CT molecular complexity index is 524. The Labute approximate surface area is 116 Å². The van der Waals surface area contributed by atoms with E-state index in [0.29, 0.717) is 0 Å². The molecule has 3 nitrogen and oxygen atoms in total. The monoisotopic (exact) mass is 281 g/mol. The second-order valence-corrected chi connectivity index (χ2v) is 6.04. The van der Waals surface area contributed by atoms with Crippen molar-refractivity contribution >= 4 is 34.3 Å². The molecule has 0 fully saturated rings. The number of halogens is 1. The van der Waals surface area contributed by atoms with Crippen LogP contribution in [0.1, 0.15) is 17.8 Å². The minimum Gasteiger partial charge on any atom is -0.376 e. The van der Waals surface area contributed by atoms with Crippen molar-refractivity contribution in [2.24, 2.45) is 0 Å². The molecule has 5 heteroatoms. The summed E-state index contributed by atoms with van der Waals surface area (Å²) in [5.41, 5.74) is 2.15. The fourth-order valence-corrected chi connectivity index (χ4v) is 2.82. The van der Waals surface area contributed by atoms with E-state index in [0.717, 1.165) is 15.7 Å². The Morgan fingerprint density at radius 1 is 1.33 bits per heavy atom. The summed E-state index contributed by atoms with van der Waals surface area (Å²) in [5.74, 6) is 0. The molecule has 2 aromatic rings. The molecule has 2 heterocycles. The Hall–Kier alpha value is -1.26. The Morgan fingerprint density at radius 2 is 2.11 bits per heavy atom. The zero-order valence-corrected chi connectivity index (χ0v) is 12.2. The third kappa shape index (κ3) is 2.94. The molecule has 0 amide bonds. The predicted molar refractivity (Wildman–Crippen MR) is 79.9 cm³/mol. The number of nitrogens with zero attached hydrogens (tertiary/aromatic N) is 2. The summed E-state index contributed by atoms with van der Waals surface area (Å²) in [6, 6.07) is 6.19. The van der Waals surface area contributed by atoms with E-state index in [9.17, 15) is 0 Å². The second kappa shape index (κ2) is 5.59. The van der Waals surface area contributed by atoms with Gasteiger partial charge in [0.15, 0.2) is 0 Å². The summed E-state index contributed by atoms with van der Waals surface area (Å²) >= 11 is 7.56. The molecule has 0 saturated heterocycles. The van der Waals surface area contributed by atoms with Crippen molar-refractivity contribution in [3.63, 3.8) is 0 Å². The SMILES string of the molecule is CC(Nc1cnccc1N(C)C)c1ccc(Cl)s1. The van der Waals surface area contributed by atoms with Crippen molar-refractivity contribution < 1.29 is 0 Å². The maximum Gasteiger partial charge on any atom is 0.0932 e. The van der Waals surface area contributed by atoms with Crippen LogP contribution in [0.2, 0.25) is 4.34 Å². The number of nitrogens with one attached hydrogen (secondary N) is 1. The van der Waals surface area contributed by atoms with Gasteiger partial charge in [0.1, 0.15) is 0 Å². The minimum absolute atomic E-state index is 0.213. The van der Waals surface area contributed by atoms with Gasteiger partial charge in [-0.1, -0.05) is 11.6 Å². The van der Waals surface area contributed by atoms with E-state index in [1.165, 1.54) is 4.88 Å². The van der Waals surface area contributed by atoms with Gasteiger partial charge in [0.05, 0.1) is 27.9 Å². The van der Waals surface area contributed by atoms with Gasteiger partial charge in [0.25, 0.3) is 0 Å². The van der Waals surface area contributed by atoms with Gasteiger partial charge in [0, 0.05) is 25.2 Å². The number of pyridine rings is 1. The average molecular weight is 282 g/mol. The highest BCUT2D eigenvalue weighted by Crippen LogP contribution is 2.31. The highest BCUT2D eigenvalue weighted by atomic mass is 35.5. The molecule has 0 aliphatic heterocycles. The highest BCUT2D eigenvalue weighted by molar-refractivity contribution is 7.16. The predicted octanol–water partition coefficient (Wildman–Crippen LogP) is 4.04. The molecular weight excluding hydrogens is 266 g/mol. The van der Waals surface area contributed by atoms with Crippen molar-refractivity contribution in [1.29, 1.82) is 0 Å². The topological polar surface area (TPSA) is 28.2 Å². The number of thiophene rings is 1. The molecule has 1 N–H and O–H groups in total. The number of hydrogen-bond acceptors (Lipinski definition) is 4. The van der Waals surface area contributed by atoms with E-state index in [2.05, 4.69) is 28.2 Å². The Kier molecular flexibility index (Phi) is 4.09. The standard InChI is InChI=1S/C13H16ClN3S/c1-9(12-4-5-13(14)18-12)16-10-8-15-7-6-11(10)17(2)3/h4-9,16H,1-3H3. The molecular formula is C13H16ClN3S. The van der Waals surface area contributed by atoms with Crippen LogP contribution >= 0.6 is 22.9 Å². The lowest BCUT2D eigenvalue weighted by molar-refractivity contribution is 0.903. The molecule has 0 saturated carbocycles. The first-order valence-electron chi connectivity index (χ1n) is 5.71. The van der Waals surface area contributed by atoms with Gasteiger partial charge in [-0.25, -0.2) is 0 Å². The van der Waals surface area contributed by atoms with Crippen molar-refractivity contribution in [2.45, 2.75) is 13.0 Å². The highest BCUT2D eigenvalue weighted by Gasteiger charge is 2.11. The van der Waals surface area contributed by atoms with E-state index in [1.54, 1.807) is 17.5 Å². The number of aromatic nitrogens is 1. The summed E-state index contributed by atoms with van der Waals surface area (Å²) in [5, 5.41) is 3.47. The van der Waals surface area contributed by atoms with Crippen molar-refractivity contribution in [3.8, 4) is 0 Å². The first-order chi connectivity index (χ1) is 8.58. The van der Waals surface area contributed by atoms with E-state index in [4.69, 9.17) is 11.6 Å². The number of hydrogen-bond donors (Lipinski definition) is 1. The fraction of sp³-hybridized carbons (Fsp3) is 0.308. The largest absolute Gasteiger partial charge is 0.376 e. The first kappa shape index (κ1) is 13.2. The summed E-state index contributed by atoms with van der Waals surface area (Å²) in [7, 11) is 4.04. The van der Waals surface area contributed by atoms with E-state index >= 15 is 0 Å². The average Bonchev–Trinajstić information content (AvgIpc) is 2.76. The Balaban J connectivity index is 2.19. The van der Waals surface area contributed by atoms with E-state index in [-0.39, 0.29) is 6.04 Å². The van der Waals surface area contributed by atoms with E-state index < -0.39 is 0 Å². The van der Waals surface area contributed by atoms with E-state index in [1.807, 2.05) is 32.4 Å². The van der Waals surface area contributed by atoms with Crippen molar-refractivity contribution in [3.05, 3.63) is 39.8 Å². The lowest BCUT2D eigenvalue weighted by Gasteiger charge is -2.20. The summed E-state index contributed by atoms with van der Waals surface area (Å²) in [4.78, 5) is 7.45. The zero-order valence-electron chi connectivity index (χ0n) is 10.6. The van der Waals surface area contributed by atoms with Crippen LogP contribution in [0, 0.1) is 0 Å². The van der Waals surface area contributed by atoms with Gasteiger partial charge in [-0.2, -0.15) is 0 Å². The molecule has 1 atom stereocenters. The van der Waals surface area contributed by atoms with Crippen molar-refractivity contribution in [2.75, 3.05) is 24.3 Å². The number of rotatable bonds is 4. The smallest absolute Gasteiger partial charge is 0.0932 e. The minimum atomic E-state index is 0.213. The lowest BCUT2D eigenvalue weighted by atomic mass is 10.2. The molecule has 0 aliphatic rings.